The molecule has 0 radical (unpaired) electrons. The Kier molecular flexibility index (Phi) is 8.09. The van der Waals surface area contributed by atoms with Gasteiger partial charge in [-0.25, -0.2) is 15.0 Å². The average molecular weight is 504 g/mol. The van der Waals surface area contributed by atoms with Crippen molar-refractivity contribution in [2.45, 2.75) is 6.42 Å². The number of fused-ring (bicyclic) bond motifs is 1. The summed E-state index contributed by atoms with van der Waals surface area (Å²) < 4.78 is 6.73. The summed E-state index contributed by atoms with van der Waals surface area (Å²) in [5.74, 6) is 0.680. The van der Waals surface area contributed by atoms with E-state index in [2.05, 4.69) is 43.5 Å². The van der Waals surface area contributed by atoms with Crippen molar-refractivity contribution in [3.05, 3.63) is 60.8 Å². The molecule has 3 N–H and O–H groups in total. The molecule has 36 heavy (non-hydrogen) atoms. The molecular formula is C26H29N7O2S. The highest BCUT2D eigenvalue weighted by atomic mass is 32.1. The fourth-order valence-corrected chi connectivity index (χ4v) is 4.38. The predicted octanol–water partition coefficient (Wildman–Crippen LogP) is 4.99. The first-order chi connectivity index (χ1) is 17.5. The van der Waals surface area contributed by atoms with Gasteiger partial charge in [0, 0.05) is 18.3 Å². The van der Waals surface area contributed by atoms with Crippen LogP contribution < -0.4 is 20.7 Å². The summed E-state index contributed by atoms with van der Waals surface area (Å²) in [4.78, 5) is 27.7. The summed E-state index contributed by atoms with van der Waals surface area (Å²) in [5, 5.41) is 9.62. The molecule has 2 aromatic carbocycles. The highest BCUT2D eigenvalue weighted by molar-refractivity contribution is 7.16. The zero-order chi connectivity index (χ0) is 25.5. The monoisotopic (exact) mass is 503 g/mol. The van der Waals surface area contributed by atoms with Crippen molar-refractivity contribution in [3.63, 3.8) is 0 Å². The van der Waals surface area contributed by atoms with Crippen LogP contribution in [0.5, 0.6) is 5.75 Å². The maximum Gasteiger partial charge on any atom is 0.247 e. The molecule has 0 aliphatic carbocycles. The third-order valence-electron chi connectivity index (χ3n) is 5.43. The summed E-state index contributed by atoms with van der Waals surface area (Å²) in [7, 11) is 5.66. The molecule has 0 unspecified atom stereocenters. The Morgan fingerprint density at radius 3 is 2.81 bits per heavy atom. The van der Waals surface area contributed by atoms with E-state index < -0.39 is 0 Å². The number of aromatic nitrogens is 3. The Labute approximate surface area is 214 Å². The molecule has 0 saturated carbocycles. The van der Waals surface area contributed by atoms with Gasteiger partial charge in [-0.15, -0.1) is 11.3 Å². The fourth-order valence-electron chi connectivity index (χ4n) is 3.66. The fraction of sp³-hybridized carbons (Fsp3) is 0.231. The van der Waals surface area contributed by atoms with Crippen LogP contribution in [0.15, 0.2) is 60.8 Å². The predicted molar refractivity (Wildman–Crippen MR) is 147 cm³/mol. The van der Waals surface area contributed by atoms with E-state index in [-0.39, 0.29) is 5.91 Å². The van der Waals surface area contributed by atoms with Gasteiger partial charge in [0.25, 0.3) is 0 Å². The number of benzene rings is 2. The summed E-state index contributed by atoms with van der Waals surface area (Å²) in [5.41, 5.74) is 6.45. The molecule has 0 spiro atoms. The molecule has 0 saturated heterocycles. The van der Waals surface area contributed by atoms with Gasteiger partial charge in [0.15, 0.2) is 0 Å². The standard InChI is InChI=1S/C26H29N7O2S/c1-5-23(34)30-20-9-10-21(35-4)25(24(20)27-12-6-14-33(2)3)32-26-28-13-11-18(31-26)17-7-8-19-22(15-17)36-16-29-19/h5,7-11,13,15-16,27H,1,6,12,14H2,2-4H3,(H,30,34)(H,28,31,32). The van der Waals surface area contributed by atoms with Crippen molar-refractivity contribution in [2.75, 3.05) is 50.2 Å². The number of ether oxygens (including phenoxy) is 1. The van der Waals surface area contributed by atoms with Gasteiger partial charge in [0.2, 0.25) is 11.9 Å². The number of carbonyl (C=O) groups is 1. The van der Waals surface area contributed by atoms with Crippen molar-refractivity contribution in [1.29, 1.82) is 0 Å². The lowest BCUT2D eigenvalue weighted by Crippen LogP contribution is -2.18. The number of amides is 1. The summed E-state index contributed by atoms with van der Waals surface area (Å²) in [6, 6.07) is 11.5. The van der Waals surface area contributed by atoms with E-state index in [0.717, 1.165) is 34.4 Å². The van der Waals surface area contributed by atoms with E-state index in [1.807, 2.05) is 37.8 Å². The second kappa shape index (κ2) is 11.6. The molecule has 0 aliphatic rings. The number of rotatable bonds is 11. The molecule has 0 atom stereocenters. The van der Waals surface area contributed by atoms with Crippen LogP contribution in [0.1, 0.15) is 6.42 Å². The maximum absolute atomic E-state index is 12.1. The van der Waals surface area contributed by atoms with E-state index in [1.165, 1.54) is 6.08 Å². The van der Waals surface area contributed by atoms with Crippen LogP contribution in [0.25, 0.3) is 21.5 Å². The van der Waals surface area contributed by atoms with E-state index in [9.17, 15) is 4.79 Å². The molecule has 10 heteroatoms. The van der Waals surface area contributed by atoms with Gasteiger partial charge in [-0.05, 0) is 63.5 Å². The Hall–Kier alpha value is -4.02. The molecule has 1 amide bonds. The highest BCUT2D eigenvalue weighted by Crippen LogP contribution is 2.40. The molecule has 4 aromatic rings. The number of nitrogens with zero attached hydrogens (tertiary/aromatic N) is 4. The lowest BCUT2D eigenvalue weighted by Gasteiger charge is -2.20. The molecule has 186 valence electrons. The van der Waals surface area contributed by atoms with Crippen LogP contribution in [-0.4, -0.2) is 60.1 Å². The van der Waals surface area contributed by atoms with Gasteiger partial charge < -0.3 is 25.6 Å². The van der Waals surface area contributed by atoms with Crippen molar-refractivity contribution in [2.24, 2.45) is 0 Å². The smallest absolute Gasteiger partial charge is 0.247 e. The van der Waals surface area contributed by atoms with Crippen LogP contribution in [0.4, 0.5) is 23.0 Å². The first-order valence-corrected chi connectivity index (χ1v) is 12.3. The van der Waals surface area contributed by atoms with Crippen LogP contribution in [0, 0.1) is 0 Å². The molecule has 4 rings (SSSR count). The minimum atomic E-state index is -0.306. The molecule has 0 aliphatic heterocycles. The SMILES string of the molecule is C=CC(=O)Nc1ccc(OC)c(Nc2nccc(-c3ccc4ncsc4c3)n2)c1NCCCN(C)C. The lowest BCUT2D eigenvalue weighted by molar-refractivity contribution is -0.111. The zero-order valence-corrected chi connectivity index (χ0v) is 21.4. The second-order valence-electron chi connectivity index (χ2n) is 8.27. The third kappa shape index (κ3) is 5.96. The quantitative estimate of drug-likeness (QED) is 0.194. The number of hydrogen-bond donors (Lipinski definition) is 3. The van der Waals surface area contributed by atoms with Crippen LogP contribution in [0.2, 0.25) is 0 Å². The van der Waals surface area contributed by atoms with Gasteiger partial charge in [-0.3, -0.25) is 4.79 Å². The first kappa shape index (κ1) is 25.1. The second-order valence-corrected chi connectivity index (χ2v) is 9.15. The largest absolute Gasteiger partial charge is 0.494 e. The van der Waals surface area contributed by atoms with Crippen LogP contribution in [0.3, 0.4) is 0 Å². The molecule has 0 fully saturated rings. The number of thiazole rings is 1. The van der Waals surface area contributed by atoms with Gasteiger partial charge in [-0.2, -0.15) is 0 Å². The Bertz CT molecular complexity index is 1370. The molecule has 2 aromatic heterocycles. The number of methoxy groups -OCH3 is 1. The topological polar surface area (TPSA) is 104 Å². The summed E-state index contributed by atoms with van der Waals surface area (Å²) in [6.07, 6.45) is 3.85. The van der Waals surface area contributed by atoms with Gasteiger partial charge in [0.1, 0.15) is 11.4 Å². The molecule has 9 nitrogen and oxygen atoms in total. The van der Waals surface area contributed by atoms with E-state index in [1.54, 1.807) is 36.8 Å². The van der Waals surface area contributed by atoms with E-state index in [0.29, 0.717) is 35.3 Å². The van der Waals surface area contributed by atoms with Gasteiger partial charge >= 0.3 is 0 Å². The molecule has 0 bridgehead atoms. The maximum atomic E-state index is 12.1. The van der Waals surface area contributed by atoms with Crippen molar-refractivity contribution in [1.82, 2.24) is 19.9 Å². The lowest BCUT2D eigenvalue weighted by atomic mass is 10.1. The Morgan fingerprint density at radius 2 is 2.03 bits per heavy atom. The van der Waals surface area contributed by atoms with Crippen LogP contribution >= 0.6 is 11.3 Å². The molecular weight excluding hydrogens is 474 g/mol. The van der Waals surface area contributed by atoms with Crippen molar-refractivity contribution >= 4 is 50.5 Å². The minimum Gasteiger partial charge on any atom is -0.494 e. The van der Waals surface area contributed by atoms with E-state index in [4.69, 9.17) is 9.72 Å². The third-order valence-corrected chi connectivity index (χ3v) is 6.23. The number of nitrogens with one attached hydrogen (secondary N) is 3. The number of hydrogen-bond acceptors (Lipinski definition) is 9. The molecule has 2 heterocycles. The average Bonchev–Trinajstić information content (AvgIpc) is 3.36. The number of anilines is 4. The van der Waals surface area contributed by atoms with Crippen LogP contribution in [-0.2, 0) is 4.79 Å². The Morgan fingerprint density at radius 1 is 1.17 bits per heavy atom. The zero-order valence-electron chi connectivity index (χ0n) is 20.5. The highest BCUT2D eigenvalue weighted by Gasteiger charge is 2.17. The normalized spacial score (nSPS) is 10.9. The van der Waals surface area contributed by atoms with Crippen molar-refractivity contribution < 1.29 is 9.53 Å². The Balaban J connectivity index is 1.68. The van der Waals surface area contributed by atoms with Crippen molar-refractivity contribution in [3.8, 4) is 17.0 Å². The number of carbonyl (C=O) groups excluding carboxylic acids is 1. The summed E-state index contributed by atoms with van der Waals surface area (Å²) in [6.45, 7) is 5.16. The van der Waals surface area contributed by atoms with E-state index >= 15 is 0 Å². The van der Waals surface area contributed by atoms with Gasteiger partial charge in [-0.1, -0.05) is 12.6 Å². The minimum absolute atomic E-state index is 0.306. The summed E-state index contributed by atoms with van der Waals surface area (Å²) >= 11 is 1.59. The van der Waals surface area contributed by atoms with Gasteiger partial charge in [0.05, 0.1) is 39.9 Å². The first-order valence-electron chi connectivity index (χ1n) is 11.4.